The minimum absolute atomic E-state index is 0.285. The van der Waals surface area contributed by atoms with Crippen molar-refractivity contribution < 1.29 is 14.2 Å². The number of nitrogens with zero attached hydrogens (tertiary/aromatic N) is 3. The molecule has 1 N–H and O–H groups in total. The molecular weight excluding hydrogens is 401 g/mol. The summed E-state index contributed by atoms with van der Waals surface area (Å²) in [6, 6.07) is 12.4. The number of aromatic hydroxyl groups is 1. The van der Waals surface area contributed by atoms with E-state index in [-0.39, 0.29) is 11.6 Å². The Bertz CT molecular complexity index is 972. The zero-order chi connectivity index (χ0) is 20.9. The first-order valence-electron chi connectivity index (χ1n) is 10.5. The lowest BCUT2D eigenvalue weighted by Crippen LogP contribution is -2.43. The Morgan fingerprint density at radius 2 is 2.00 bits per heavy atom. The second kappa shape index (κ2) is 9.62. The molecule has 2 heterocycles. The summed E-state index contributed by atoms with van der Waals surface area (Å²) < 4.78 is 20.1. The van der Waals surface area contributed by atoms with E-state index in [1.54, 1.807) is 41.7 Å². The highest BCUT2D eigenvalue weighted by molar-refractivity contribution is 7.22. The van der Waals surface area contributed by atoms with Crippen LogP contribution in [0.4, 0.5) is 9.52 Å². The van der Waals surface area contributed by atoms with E-state index in [0.717, 1.165) is 60.7 Å². The molecule has 1 aromatic heterocycles. The number of hydrogen-bond acceptors (Lipinski definition) is 6. The predicted octanol–water partition coefficient (Wildman–Crippen LogP) is 4.90. The zero-order valence-electron chi connectivity index (χ0n) is 17.3. The van der Waals surface area contributed by atoms with Gasteiger partial charge < -0.3 is 19.6 Å². The van der Waals surface area contributed by atoms with Crippen LogP contribution in [0.3, 0.4) is 0 Å². The molecule has 1 aliphatic rings. The van der Waals surface area contributed by atoms with Gasteiger partial charge in [0, 0.05) is 26.2 Å². The molecule has 0 spiro atoms. The average Bonchev–Trinajstić information content (AvgIpc) is 3.18. The number of unbranched alkanes of at least 4 members (excludes halogenated alkanes) is 1. The minimum atomic E-state index is -0.298. The molecule has 4 rings (SSSR count). The molecule has 5 nitrogen and oxygen atoms in total. The number of phenolic OH excluding ortho intramolecular Hbond substituents is 1. The topological polar surface area (TPSA) is 48.8 Å². The van der Waals surface area contributed by atoms with Gasteiger partial charge in [-0.05, 0) is 62.6 Å². The van der Waals surface area contributed by atoms with Crippen LogP contribution in [-0.4, -0.2) is 54.3 Å². The van der Waals surface area contributed by atoms with E-state index in [0.29, 0.717) is 18.4 Å². The maximum Gasteiger partial charge on any atom is 0.186 e. The summed E-state index contributed by atoms with van der Waals surface area (Å²) in [6.45, 7) is 3.76. The van der Waals surface area contributed by atoms with Crippen molar-refractivity contribution in [3.63, 3.8) is 0 Å². The summed E-state index contributed by atoms with van der Waals surface area (Å²) in [5.41, 5.74) is 0.940. The van der Waals surface area contributed by atoms with E-state index in [9.17, 15) is 9.50 Å². The van der Waals surface area contributed by atoms with Crippen molar-refractivity contribution >= 4 is 26.7 Å². The summed E-state index contributed by atoms with van der Waals surface area (Å²) in [5.74, 6) is 0.327. The van der Waals surface area contributed by atoms with Crippen LogP contribution in [0.2, 0.25) is 0 Å². The number of aromatic nitrogens is 1. The molecule has 0 amide bonds. The average molecular weight is 430 g/mol. The predicted molar refractivity (Wildman–Crippen MR) is 120 cm³/mol. The number of ether oxygens (including phenoxy) is 1. The molecule has 2 aromatic carbocycles. The van der Waals surface area contributed by atoms with E-state index < -0.39 is 0 Å². The Hall–Kier alpha value is -2.38. The second-order valence-corrected chi connectivity index (χ2v) is 8.83. The Morgan fingerprint density at radius 3 is 2.80 bits per heavy atom. The number of phenols is 1. The van der Waals surface area contributed by atoms with Crippen LogP contribution >= 0.6 is 11.3 Å². The zero-order valence-corrected chi connectivity index (χ0v) is 18.1. The van der Waals surface area contributed by atoms with Crippen LogP contribution < -0.4 is 9.64 Å². The standard InChI is InChI=1S/C23H28FN3O2S/c1-26(23-25-20-9-8-18(28)16-22(20)30-23)17-10-13-27(14-11-17)12-4-5-15-29-21-7-3-2-6-19(21)24/h2-3,6-9,16-17,28H,4-5,10-15H2,1H3. The van der Waals surface area contributed by atoms with E-state index in [1.807, 2.05) is 6.07 Å². The minimum Gasteiger partial charge on any atom is -0.508 e. The number of hydrogen-bond donors (Lipinski definition) is 1. The summed E-state index contributed by atoms with van der Waals surface area (Å²) >= 11 is 1.63. The molecule has 1 aliphatic heterocycles. The van der Waals surface area contributed by atoms with Gasteiger partial charge in [0.2, 0.25) is 0 Å². The van der Waals surface area contributed by atoms with Crippen molar-refractivity contribution in [1.29, 1.82) is 0 Å². The van der Waals surface area contributed by atoms with Crippen molar-refractivity contribution in [2.75, 3.05) is 38.2 Å². The van der Waals surface area contributed by atoms with Crippen LogP contribution in [0, 0.1) is 5.82 Å². The van der Waals surface area contributed by atoms with Crippen molar-refractivity contribution in [3.8, 4) is 11.5 Å². The first-order chi connectivity index (χ1) is 14.6. The number of piperidine rings is 1. The van der Waals surface area contributed by atoms with E-state index in [2.05, 4.69) is 16.8 Å². The third-order valence-electron chi connectivity index (χ3n) is 5.73. The Labute approximate surface area is 180 Å². The van der Waals surface area contributed by atoms with Crippen molar-refractivity contribution in [2.45, 2.75) is 31.7 Å². The van der Waals surface area contributed by atoms with Gasteiger partial charge in [-0.3, -0.25) is 0 Å². The fourth-order valence-electron chi connectivity index (χ4n) is 3.92. The van der Waals surface area contributed by atoms with E-state index >= 15 is 0 Å². The first-order valence-corrected chi connectivity index (χ1v) is 11.3. The summed E-state index contributed by atoms with van der Waals surface area (Å²) in [4.78, 5) is 9.53. The molecule has 0 saturated carbocycles. The number of benzene rings is 2. The number of fused-ring (bicyclic) bond motifs is 1. The quantitative estimate of drug-likeness (QED) is 0.516. The van der Waals surface area contributed by atoms with Crippen molar-refractivity contribution in [2.24, 2.45) is 0 Å². The normalized spacial score (nSPS) is 15.5. The molecular formula is C23H28FN3O2S. The Balaban J connectivity index is 1.18. The van der Waals surface area contributed by atoms with Gasteiger partial charge in [0.15, 0.2) is 16.7 Å². The number of rotatable bonds is 8. The molecule has 160 valence electrons. The van der Waals surface area contributed by atoms with Gasteiger partial charge in [-0.25, -0.2) is 9.37 Å². The third kappa shape index (κ3) is 5.02. The van der Waals surface area contributed by atoms with Gasteiger partial charge >= 0.3 is 0 Å². The van der Waals surface area contributed by atoms with Crippen LogP contribution in [0.15, 0.2) is 42.5 Å². The second-order valence-electron chi connectivity index (χ2n) is 7.82. The lowest BCUT2D eigenvalue weighted by Gasteiger charge is -2.36. The number of anilines is 1. The van der Waals surface area contributed by atoms with Gasteiger partial charge in [-0.2, -0.15) is 0 Å². The number of thiazole rings is 1. The van der Waals surface area contributed by atoms with Gasteiger partial charge in [0.1, 0.15) is 5.75 Å². The molecule has 0 radical (unpaired) electrons. The van der Waals surface area contributed by atoms with E-state index in [1.165, 1.54) is 6.07 Å². The van der Waals surface area contributed by atoms with Gasteiger partial charge in [0.05, 0.1) is 16.8 Å². The molecule has 0 atom stereocenters. The summed E-state index contributed by atoms with van der Waals surface area (Å²) in [5, 5.41) is 10.7. The Morgan fingerprint density at radius 1 is 1.20 bits per heavy atom. The summed E-state index contributed by atoms with van der Waals surface area (Å²) in [6.07, 6.45) is 4.20. The molecule has 0 bridgehead atoms. The third-order valence-corrected chi connectivity index (χ3v) is 6.84. The van der Waals surface area contributed by atoms with Gasteiger partial charge in [-0.15, -0.1) is 0 Å². The smallest absolute Gasteiger partial charge is 0.186 e. The fraction of sp³-hybridized carbons (Fsp3) is 0.435. The highest BCUT2D eigenvalue weighted by Crippen LogP contribution is 2.32. The molecule has 7 heteroatoms. The molecule has 1 saturated heterocycles. The lowest BCUT2D eigenvalue weighted by molar-refractivity contribution is 0.200. The molecule has 0 unspecified atom stereocenters. The van der Waals surface area contributed by atoms with Crippen molar-refractivity contribution in [3.05, 3.63) is 48.3 Å². The fourth-order valence-corrected chi connectivity index (χ4v) is 4.95. The van der Waals surface area contributed by atoms with Crippen molar-refractivity contribution in [1.82, 2.24) is 9.88 Å². The van der Waals surface area contributed by atoms with Crippen LogP contribution in [0.25, 0.3) is 10.2 Å². The Kier molecular flexibility index (Phi) is 6.69. The van der Waals surface area contributed by atoms with Crippen LogP contribution in [-0.2, 0) is 0 Å². The van der Waals surface area contributed by atoms with Crippen LogP contribution in [0.1, 0.15) is 25.7 Å². The highest BCUT2D eigenvalue weighted by Gasteiger charge is 2.24. The largest absolute Gasteiger partial charge is 0.508 e. The molecule has 0 aliphatic carbocycles. The van der Waals surface area contributed by atoms with Gasteiger partial charge in [0.25, 0.3) is 0 Å². The van der Waals surface area contributed by atoms with E-state index in [4.69, 9.17) is 9.72 Å². The molecule has 1 fully saturated rings. The maximum atomic E-state index is 13.5. The SMILES string of the molecule is CN(c1nc2ccc(O)cc2s1)C1CCN(CCCCOc2ccccc2F)CC1. The maximum absolute atomic E-state index is 13.5. The molecule has 30 heavy (non-hydrogen) atoms. The monoisotopic (exact) mass is 429 g/mol. The number of para-hydroxylation sites is 1. The number of halogens is 1. The highest BCUT2D eigenvalue weighted by atomic mass is 32.1. The first kappa shape index (κ1) is 20.9. The summed E-state index contributed by atoms with van der Waals surface area (Å²) in [7, 11) is 2.12. The lowest BCUT2D eigenvalue weighted by atomic mass is 10.0. The van der Waals surface area contributed by atoms with Crippen LogP contribution in [0.5, 0.6) is 11.5 Å². The molecule has 3 aromatic rings. The number of likely N-dealkylation sites (tertiary alicyclic amines) is 1. The van der Waals surface area contributed by atoms with Gasteiger partial charge in [-0.1, -0.05) is 23.5 Å².